The van der Waals surface area contributed by atoms with Gasteiger partial charge in [-0.15, -0.1) is 0 Å². The number of aromatic nitrogens is 2. The highest BCUT2D eigenvalue weighted by Crippen LogP contribution is 1.94. The molecular weight excluding hydrogens is 222 g/mol. The summed E-state index contributed by atoms with van der Waals surface area (Å²) in [6.07, 6.45) is 3.51. The van der Waals surface area contributed by atoms with Crippen LogP contribution in [0.1, 0.15) is 12.7 Å². The lowest BCUT2D eigenvalue weighted by Gasteiger charge is -2.12. The van der Waals surface area contributed by atoms with Crippen molar-refractivity contribution in [2.45, 2.75) is 19.5 Å². The topological polar surface area (TPSA) is 88.1 Å². The van der Waals surface area contributed by atoms with Crippen molar-refractivity contribution in [3.63, 3.8) is 0 Å². The minimum absolute atomic E-state index is 0.376. The average Bonchev–Trinajstić information content (AvgIpc) is 2.71. The van der Waals surface area contributed by atoms with Crippen LogP contribution >= 0.6 is 0 Å². The number of carbonyl (C=O) groups is 2. The van der Waals surface area contributed by atoms with Crippen LogP contribution in [-0.2, 0) is 18.4 Å². The van der Waals surface area contributed by atoms with E-state index in [4.69, 9.17) is 0 Å². The number of hydrogen-bond acceptors (Lipinski definition) is 4. The molecule has 0 aliphatic carbocycles. The molecular formula is C10H17N5O2. The summed E-state index contributed by atoms with van der Waals surface area (Å²) in [6.45, 7) is 2.15. The van der Waals surface area contributed by atoms with Gasteiger partial charge in [0, 0.05) is 26.5 Å². The van der Waals surface area contributed by atoms with Gasteiger partial charge in [0.1, 0.15) is 5.82 Å². The molecule has 0 aromatic carbocycles. The molecule has 1 rings (SSSR count). The number of nitrogens with one attached hydrogen (secondary N) is 3. The van der Waals surface area contributed by atoms with Crippen molar-refractivity contribution in [2.75, 3.05) is 7.05 Å². The third-order valence-electron chi connectivity index (χ3n) is 2.34. The van der Waals surface area contributed by atoms with E-state index < -0.39 is 12.1 Å². The SMILES string of the molecule is CNC(=O)NC(=O)C(C)NCc1nccn1C. The lowest BCUT2D eigenvalue weighted by atomic mass is 10.3. The van der Waals surface area contributed by atoms with E-state index in [1.165, 1.54) is 7.05 Å². The summed E-state index contributed by atoms with van der Waals surface area (Å²) in [6, 6.07) is -0.982. The Morgan fingerprint density at radius 1 is 1.53 bits per heavy atom. The van der Waals surface area contributed by atoms with Gasteiger partial charge in [-0.3, -0.25) is 15.4 Å². The number of imide groups is 1. The van der Waals surface area contributed by atoms with E-state index in [9.17, 15) is 9.59 Å². The number of carbonyl (C=O) groups excluding carboxylic acids is 2. The number of imidazole rings is 1. The molecule has 0 saturated heterocycles. The molecule has 0 saturated carbocycles. The van der Waals surface area contributed by atoms with Crippen LogP contribution in [0.25, 0.3) is 0 Å². The van der Waals surface area contributed by atoms with Crippen LogP contribution in [0.4, 0.5) is 4.79 Å². The van der Waals surface area contributed by atoms with E-state index in [-0.39, 0.29) is 5.91 Å². The number of urea groups is 1. The molecule has 94 valence electrons. The molecule has 1 unspecified atom stereocenters. The minimum Gasteiger partial charge on any atom is -0.341 e. The quantitative estimate of drug-likeness (QED) is 0.651. The molecule has 0 bridgehead atoms. The van der Waals surface area contributed by atoms with Crippen LogP contribution in [0.2, 0.25) is 0 Å². The van der Waals surface area contributed by atoms with Gasteiger partial charge in [0.15, 0.2) is 0 Å². The maximum atomic E-state index is 11.5. The van der Waals surface area contributed by atoms with Crippen LogP contribution < -0.4 is 16.0 Å². The van der Waals surface area contributed by atoms with Gasteiger partial charge in [-0.05, 0) is 6.92 Å². The highest BCUT2D eigenvalue weighted by molar-refractivity contribution is 5.96. The molecule has 0 spiro atoms. The monoisotopic (exact) mass is 239 g/mol. The van der Waals surface area contributed by atoms with Gasteiger partial charge in [0.2, 0.25) is 5.91 Å². The van der Waals surface area contributed by atoms with Crippen molar-refractivity contribution in [1.82, 2.24) is 25.5 Å². The number of amides is 3. The largest absolute Gasteiger partial charge is 0.341 e. The molecule has 3 amide bonds. The zero-order valence-corrected chi connectivity index (χ0v) is 10.2. The summed E-state index contributed by atoms with van der Waals surface area (Å²) in [7, 11) is 3.33. The van der Waals surface area contributed by atoms with E-state index in [2.05, 4.69) is 20.9 Å². The zero-order chi connectivity index (χ0) is 12.8. The Balaban J connectivity index is 2.39. The van der Waals surface area contributed by atoms with E-state index in [1.807, 2.05) is 17.8 Å². The molecule has 1 aromatic rings. The standard InChI is InChI=1S/C10H17N5O2/c1-7(9(16)14-10(17)11-2)13-6-8-12-4-5-15(8)3/h4-5,7,13H,6H2,1-3H3,(H2,11,14,16,17). The van der Waals surface area contributed by atoms with Gasteiger partial charge < -0.3 is 9.88 Å². The van der Waals surface area contributed by atoms with Crippen LogP contribution in [0.3, 0.4) is 0 Å². The predicted octanol–water partition coefficient (Wildman–Crippen LogP) is -0.646. The van der Waals surface area contributed by atoms with E-state index >= 15 is 0 Å². The lowest BCUT2D eigenvalue weighted by Crippen LogP contribution is -2.47. The molecule has 3 N–H and O–H groups in total. The highest BCUT2D eigenvalue weighted by atomic mass is 16.2. The van der Waals surface area contributed by atoms with Crippen LogP contribution in [0.15, 0.2) is 12.4 Å². The first-order valence-corrected chi connectivity index (χ1v) is 5.26. The smallest absolute Gasteiger partial charge is 0.321 e. The summed E-state index contributed by atoms with van der Waals surface area (Å²) < 4.78 is 1.86. The van der Waals surface area contributed by atoms with Gasteiger partial charge in [-0.1, -0.05) is 0 Å². The fourth-order valence-corrected chi connectivity index (χ4v) is 1.19. The molecule has 0 aliphatic rings. The first-order valence-electron chi connectivity index (χ1n) is 5.26. The summed E-state index contributed by atoms with van der Waals surface area (Å²) in [5.41, 5.74) is 0. The van der Waals surface area contributed by atoms with E-state index in [0.717, 1.165) is 5.82 Å². The molecule has 1 atom stereocenters. The van der Waals surface area contributed by atoms with Crippen molar-refractivity contribution < 1.29 is 9.59 Å². The Hall–Kier alpha value is -1.89. The summed E-state index contributed by atoms with van der Waals surface area (Å²) in [4.78, 5) is 26.5. The zero-order valence-electron chi connectivity index (χ0n) is 10.2. The Morgan fingerprint density at radius 2 is 2.24 bits per heavy atom. The highest BCUT2D eigenvalue weighted by Gasteiger charge is 2.14. The second kappa shape index (κ2) is 6.00. The molecule has 7 nitrogen and oxygen atoms in total. The predicted molar refractivity (Wildman–Crippen MR) is 62.1 cm³/mol. The van der Waals surface area contributed by atoms with Gasteiger partial charge >= 0.3 is 6.03 Å². The molecule has 1 heterocycles. The van der Waals surface area contributed by atoms with Crippen molar-refractivity contribution in [3.8, 4) is 0 Å². The Kier molecular flexibility index (Phi) is 4.65. The van der Waals surface area contributed by atoms with Crippen molar-refractivity contribution in [2.24, 2.45) is 7.05 Å². The van der Waals surface area contributed by atoms with Crippen molar-refractivity contribution in [3.05, 3.63) is 18.2 Å². The van der Waals surface area contributed by atoms with Gasteiger partial charge in [-0.25, -0.2) is 9.78 Å². The maximum Gasteiger partial charge on any atom is 0.321 e. The molecule has 7 heteroatoms. The summed E-state index contributed by atoms with van der Waals surface area (Å²) in [5.74, 6) is 0.447. The minimum atomic E-state index is -0.513. The fraction of sp³-hybridized carbons (Fsp3) is 0.500. The van der Waals surface area contributed by atoms with Crippen molar-refractivity contribution >= 4 is 11.9 Å². The Morgan fingerprint density at radius 3 is 2.76 bits per heavy atom. The lowest BCUT2D eigenvalue weighted by molar-refractivity contribution is -0.121. The van der Waals surface area contributed by atoms with Crippen molar-refractivity contribution in [1.29, 1.82) is 0 Å². The third kappa shape index (κ3) is 3.87. The maximum absolute atomic E-state index is 11.5. The Bertz CT molecular complexity index is 401. The van der Waals surface area contributed by atoms with E-state index in [0.29, 0.717) is 6.54 Å². The first-order chi connectivity index (χ1) is 8.04. The molecule has 0 fully saturated rings. The fourth-order valence-electron chi connectivity index (χ4n) is 1.19. The van der Waals surface area contributed by atoms with Crippen LogP contribution in [0, 0.1) is 0 Å². The number of hydrogen-bond donors (Lipinski definition) is 3. The third-order valence-corrected chi connectivity index (χ3v) is 2.34. The molecule has 0 radical (unpaired) electrons. The van der Waals surface area contributed by atoms with Gasteiger partial charge in [-0.2, -0.15) is 0 Å². The Labute approximate surface area is 99.6 Å². The van der Waals surface area contributed by atoms with Gasteiger partial charge in [0.05, 0.1) is 12.6 Å². The van der Waals surface area contributed by atoms with Crippen LogP contribution in [0.5, 0.6) is 0 Å². The summed E-state index contributed by atoms with van der Waals surface area (Å²) in [5, 5.41) is 7.49. The summed E-state index contributed by atoms with van der Waals surface area (Å²) >= 11 is 0. The number of rotatable bonds is 4. The number of aryl methyl sites for hydroxylation is 1. The second-order valence-electron chi connectivity index (χ2n) is 3.63. The number of nitrogens with zero attached hydrogens (tertiary/aromatic N) is 2. The molecule has 1 aromatic heterocycles. The van der Waals surface area contributed by atoms with Gasteiger partial charge in [0.25, 0.3) is 0 Å². The molecule has 17 heavy (non-hydrogen) atoms. The van der Waals surface area contributed by atoms with Crippen LogP contribution in [-0.4, -0.2) is 34.6 Å². The molecule has 0 aliphatic heterocycles. The second-order valence-corrected chi connectivity index (χ2v) is 3.63. The van der Waals surface area contributed by atoms with E-state index in [1.54, 1.807) is 13.1 Å². The average molecular weight is 239 g/mol. The normalized spacial score (nSPS) is 11.9. The first kappa shape index (κ1) is 13.2.